The maximum absolute atomic E-state index is 13.5. The third-order valence-electron chi connectivity index (χ3n) is 4.22. The predicted octanol–water partition coefficient (Wildman–Crippen LogP) is 3.88. The summed E-state index contributed by atoms with van der Waals surface area (Å²) >= 11 is 0. The Hall–Kier alpha value is -3.26. The van der Waals surface area contributed by atoms with Gasteiger partial charge in [0.15, 0.2) is 0 Å². The number of anilines is 2. The van der Waals surface area contributed by atoms with Gasteiger partial charge in [0.25, 0.3) is 0 Å². The minimum atomic E-state index is -0.408. The summed E-state index contributed by atoms with van der Waals surface area (Å²) < 4.78 is 19.2. The van der Waals surface area contributed by atoms with Gasteiger partial charge in [0.2, 0.25) is 5.91 Å². The molecule has 0 aliphatic heterocycles. The van der Waals surface area contributed by atoms with Crippen molar-refractivity contribution < 1.29 is 19.1 Å². The lowest BCUT2D eigenvalue weighted by Gasteiger charge is -2.11. The molecule has 7 nitrogen and oxygen atoms in total. The lowest BCUT2D eigenvalue weighted by Crippen LogP contribution is -2.18. The van der Waals surface area contributed by atoms with Gasteiger partial charge in [0, 0.05) is 17.5 Å². The number of nitrogens with zero attached hydrogens (tertiary/aromatic N) is 2. The van der Waals surface area contributed by atoms with Crippen LogP contribution in [0.5, 0.6) is 5.75 Å². The molecule has 0 aliphatic rings. The van der Waals surface area contributed by atoms with Crippen molar-refractivity contribution in [3.63, 3.8) is 0 Å². The fraction of sp³-hybridized carbons (Fsp3) is 0.250. The fourth-order valence-electron chi connectivity index (χ4n) is 2.72. The summed E-state index contributed by atoms with van der Waals surface area (Å²) in [5, 5.41) is 12.4. The Morgan fingerprint density at radius 3 is 2.82 bits per heavy atom. The number of halogens is 1. The van der Waals surface area contributed by atoms with Gasteiger partial charge < -0.3 is 10.1 Å². The Bertz CT molecular complexity index is 981. The minimum absolute atomic E-state index is 0.247. The van der Waals surface area contributed by atoms with Crippen LogP contribution in [0.2, 0.25) is 0 Å². The number of carbonyl (C=O) groups is 1. The van der Waals surface area contributed by atoms with Crippen molar-refractivity contribution in [1.82, 2.24) is 15.4 Å². The van der Waals surface area contributed by atoms with Gasteiger partial charge in [-0.3, -0.25) is 10.0 Å². The molecule has 0 spiro atoms. The number of aryl methyl sites for hydroxylation is 1. The number of aromatic nitrogens is 2. The van der Waals surface area contributed by atoms with Crippen molar-refractivity contribution in [2.24, 2.45) is 0 Å². The van der Waals surface area contributed by atoms with Gasteiger partial charge in [-0.25, -0.2) is 19.8 Å². The Morgan fingerprint density at radius 1 is 1.18 bits per heavy atom. The highest BCUT2D eigenvalue weighted by atomic mass is 19.1. The Morgan fingerprint density at radius 2 is 2.04 bits per heavy atom. The highest BCUT2D eigenvalue weighted by Crippen LogP contribution is 2.27. The predicted molar refractivity (Wildman–Crippen MR) is 103 cm³/mol. The zero-order valence-corrected chi connectivity index (χ0v) is 15.4. The summed E-state index contributed by atoms with van der Waals surface area (Å²) in [7, 11) is 0. The number of carbonyl (C=O) groups excluding carboxylic acids is 1. The lowest BCUT2D eigenvalue weighted by atomic mass is 10.2. The van der Waals surface area contributed by atoms with Crippen LogP contribution in [0.25, 0.3) is 10.9 Å². The summed E-state index contributed by atoms with van der Waals surface area (Å²) in [6.45, 7) is 2.15. The topological polar surface area (TPSA) is 96.4 Å². The minimum Gasteiger partial charge on any atom is -0.494 e. The van der Waals surface area contributed by atoms with E-state index in [1.165, 1.54) is 12.4 Å². The van der Waals surface area contributed by atoms with E-state index in [-0.39, 0.29) is 12.2 Å². The number of nitrogens with one attached hydrogen (secondary N) is 2. The number of hydroxylamine groups is 1. The zero-order chi connectivity index (χ0) is 19.9. The van der Waals surface area contributed by atoms with Crippen LogP contribution in [0, 0.1) is 12.7 Å². The third-order valence-corrected chi connectivity index (χ3v) is 4.22. The van der Waals surface area contributed by atoms with Crippen LogP contribution in [0.15, 0.2) is 42.7 Å². The van der Waals surface area contributed by atoms with Gasteiger partial charge in [-0.05, 0) is 61.7 Å². The molecule has 3 rings (SSSR count). The first-order valence-electron chi connectivity index (χ1n) is 8.90. The number of hydrogen-bond donors (Lipinski definition) is 3. The molecule has 28 heavy (non-hydrogen) atoms. The average molecular weight is 384 g/mol. The van der Waals surface area contributed by atoms with Crippen LogP contribution in [-0.2, 0) is 4.79 Å². The first kappa shape index (κ1) is 19.5. The van der Waals surface area contributed by atoms with Crippen molar-refractivity contribution >= 4 is 28.3 Å². The molecular weight excluding hydrogens is 363 g/mol. The molecule has 2 aromatic carbocycles. The van der Waals surface area contributed by atoms with E-state index in [4.69, 9.17) is 9.94 Å². The van der Waals surface area contributed by atoms with E-state index >= 15 is 0 Å². The number of rotatable bonds is 8. The van der Waals surface area contributed by atoms with Gasteiger partial charge in [0.1, 0.15) is 23.7 Å². The lowest BCUT2D eigenvalue weighted by molar-refractivity contribution is -0.129. The Kier molecular flexibility index (Phi) is 6.33. The van der Waals surface area contributed by atoms with Crippen LogP contribution in [0.1, 0.15) is 24.8 Å². The van der Waals surface area contributed by atoms with Crippen molar-refractivity contribution in [3.05, 3.63) is 54.1 Å². The van der Waals surface area contributed by atoms with E-state index in [9.17, 15) is 9.18 Å². The van der Waals surface area contributed by atoms with E-state index in [0.29, 0.717) is 36.6 Å². The van der Waals surface area contributed by atoms with Gasteiger partial charge in [0.05, 0.1) is 12.1 Å². The van der Waals surface area contributed by atoms with Crippen LogP contribution < -0.4 is 15.5 Å². The third kappa shape index (κ3) is 4.92. The Balaban J connectivity index is 1.70. The van der Waals surface area contributed by atoms with Crippen LogP contribution in [0.4, 0.5) is 15.9 Å². The number of benzene rings is 2. The van der Waals surface area contributed by atoms with Gasteiger partial charge in [-0.15, -0.1) is 0 Å². The van der Waals surface area contributed by atoms with Gasteiger partial charge in [-0.2, -0.15) is 0 Å². The molecule has 1 amide bonds. The van der Waals surface area contributed by atoms with Crippen molar-refractivity contribution in [3.8, 4) is 5.75 Å². The second-order valence-corrected chi connectivity index (χ2v) is 6.33. The van der Waals surface area contributed by atoms with Crippen molar-refractivity contribution in [2.75, 3.05) is 11.9 Å². The maximum atomic E-state index is 13.5. The number of unbranched alkanes of at least 4 members (excludes halogenated alkanes) is 1. The molecule has 3 aromatic rings. The molecule has 1 aromatic heterocycles. The summed E-state index contributed by atoms with van der Waals surface area (Å²) in [4.78, 5) is 19.5. The van der Waals surface area contributed by atoms with E-state index in [0.717, 1.165) is 16.6 Å². The standard InChI is InChI=1S/C20H21FN4O3/c1-13-10-14(5-7-17(13)21)24-20-16-11-15(6-8-18(16)22-12-23-20)28-9-3-2-4-19(26)25-27/h5-8,10-12,27H,2-4,9H2,1H3,(H,25,26)(H,22,23,24). The monoisotopic (exact) mass is 384 g/mol. The van der Waals surface area contributed by atoms with E-state index in [2.05, 4.69) is 15.3 Å². The van der Waals surface area contributed by atoms with Crippen LogP contribution >= 0.6 is 0 Å². The molecule has 0 aliphatic carbocycles. The van der Waals surface area contributed by atoms with E-state index in [1.807, 2.05) is 18.2 Å². The normalized spacial score (nSPS) is 10.7. The molecule has 0 bridgehead atoms. The Labute approximate surface area is 161 Å². The van der Waals surface area contributed by atoms with Crippen LogP contribution in [-0.4, -0.2) is 27.7 Å². The SMILES string of the molecule is Cc1cc(Nc2ncnc3ccc(OCCCCC(=O)NO)cc23)ccc1F. The first-order valence-corrected chi connectivity index (χ1v) is 8.90. The average Bonchev–Trinajstić information content (AvgIpc) is 2.70. The van der Waals surface area contributed by atoms with Crippen LogP contribution in [0.3, 0.4) is 0 Å². The maximum Gasteiger partial charge on any atom is 0.243 e. The molecule has 146 valence electrons. The van der Waals surface area contributed by atoms with E-state index < -0.39 is 5.91 Å². The first-order chi connectivity index (χ1) is 13.6. The molecule has 0 fully saturated rings. The molecule has 0 atom stereocenters. The molecule has 8 heteroatoms. The summed E-state index contributed by atoms with van der Waals surface area (Å²) in [5.41, 5.74) is 3.63. The molecule has 0 radical (unpaired) electrons. The summed E-state index contributed by atoms with van der Waals surface area (Å²) in [5.74, 6) is 0.591. The smallest absolute Gasteiger partial charge is 0.243 e. The fourth-order valence-corrected chi connectivity index (χ4v) is 2.72. The number of fused-ring (bicyclic) bond motifs is 1. The molecular formula is C20H21FN4O3. The molecule has 3 N–H and O–H groups in total. The van der Waals surface area contributed by atoms with E-state index in [1.54, 1.807) is 24.5 Å². The molecule has 0 unspecified atom stereocenters. The highest BCUT2D eigenvalue weighted by Gasteiger charge is 2.08. The number of amides is 1. The molecule has 1 heterocycles. The number of ether oxygens (including phenoxy) is 1. The number of hydrogen-bond acceptors (Lipinski definition) is 6. The quantitative estimate of drug-likeness (QED) is 0.310. The largest absolute Gasteiger partial charge is 0.494 e. The van der Waals surface area contributed by atoms with Gasteiger partial charge >= 0.3 is 0 Å². The summed E-state index contributed by atoms with van der Waals surface area (Å²) in [6, 6.07) is 10.3. The summed E-state index contributed by atoms with van der Waals surface area (Å²) in [6.07, 6.45) is 3.00. The van der Waals surface area contributed by atoms with Crippen molar-refractivity contribution in [2.45, 2.75) is 26.2 Å². The second kappa shape index (κ2) is 9.09. The van der Waals surface area contributed by atoms with Gasteiger partial charge in [-0.1, -0.05) is 0 Å². The van der Waals surface area contributed by atoms with Crippen molar-refractivity contribution in [1.29, 1.82) is 0 Å². The highest BCUT2D eigenvalue weighted by molar-refractivity contribution is 5.91. The molecule has 0 saturated carbocycles. The second-order valence-electron chi connectivity index (χ2n) is 6.33. The molecule has 0 saturated heterocycles. The zero-order valence-electron chi connectivity index (χ0n) is 15.4.